The molecule has 0 radical (unpaired) electrons. The minimum atomic E-state index is -0.793. The summed E-state index contributed by atoms with van der Waals surface area (Å²) in [5, 5.41) is 13.3. The van der Waals surface area contributed by atoms with Gasteiger partial charge in [-0.3, -0.25) is 15.1 Å². The van der Waals surface area contributed by atoms with Gasteiger partial charge in [-0.25, -0.2) is 9.37 Å². The van der Waals surface area contributed by atoms with Gasteiger partial charge in [-0.05, 0) is 6.07 Å². The first-order valence-corrected chi connectivity index (χ1v) is 5.65. The lowest BCUT2D eigenvalue weighted by Crippen LogP contribution is -2.02. The summed E-state index contributed by atoms with van der Waals surface area (Å²) in [6.07, 6.45) is 3.01. The fourth-order valence-electron chi connectivity index (χ4n) is 1.43. The molecule has 0 saturated carbocycles. The number of hydrogen-bond acceptors (Lipinski definition) is 6. The summed E-state index contributed by atoms with van der Waals surface area (Å²) < 4.78 is 18.8. The molecule has 0 spiro atoms. The first kappa shape index (κ1) is 13.7. The molecule has 7 nitrogen and oxygen atoms in total. The minimum Gasteiger partial charge on any atom is -0.484 e. The second kappa shape index (κ2) is 5.91. The number of aromatic nitrogens is 2. The predicted octanol–water partition coefficient (Wildman–Crippen LogP) is 2.14. The van der Waals surface area contributed by atoms with Crippen molar-refractivity contribution in [2.75, 3.05) is 12.4 Å². The van der Waals surface area contributed by atoms with Crippen molar-refractivity contribution in [3.05, 3.63) is 52.2 Å². The van der Waals surface area contributed by atoms with Crippen molar-refractivity contribution in [3.63, 3.8) is 0 Å². The van der Waals surface area contributed by atoms with Crippen molar-refractivity contribution in [3.8, 4) is 5.75 Å². The quantitative estimate of drug-likeness (QED) is 0.665. The molecule has 0 amide bonds. The third-order valence-electron chi connectivity index (χ3n) is 2.46. The van der Waals surface area contributed by atoms with E-state index >= 15 is 0 Å². The Morgan fingerprint density at radius 3 is 2.75 bits per heavy atom. The van der Waals surface area contributed by atoms with Gasteiger partial charge in [-0.1, -0.05) is 0 Å². The molecule has 0 atom stereocenters. The molecule has 1 heterocycles. The third kappa shape index (κ3) is 3.16. The van der Waals surface area contributed by atoms with Gasteiger partial charge in [0.1, 0.15) is 12.4 Å². The van der Waals surface area contributed by atoms with E-state index in [1.807, 2.05) is 0 Å². The minimum absolute atomic E-state index is 0.0196. The normalized spacial score (nSPS) is 10.1. The molecule has 0 bridgehead atoms. The second-order valence-electron chi connectivity index (χ2n) is 3.80. The van der Waals surface area contributed by atoms with Gasteiger partial charge >= 0.3 is 0 Å². The van der Waals surface area contributed by atoms with Gasteiger partial charge in [0, 0.05) is 13.1 Å². The Morgan fingerprint density at radius 2 is 2.20 bits per heavy atom. The van der Waals surface area contributed by atoms with Crippen molar-refractivity contribution in [2.24, 2.45) is 0 Å². The van der Waals surface area contributed by atoms with Crippen LogP contribution < -0.4 is 10.1 Å². The van der Waals surface area contributed by atoms with E-state index in [0.717, 1.165) is 6.07 Å². The maximum atomic E-state index is 13.6. The summed E-state index contributed by atoms with van der Waals surface area (Å²) in [6, 6.07) is 3.20. The van der Waals surface area contributed by atoms with Crippen molar-refractivity contribution in [1.82, 2.24) is 9.97 Å². The highest BCUT2D eigenvalue weighted by Gasteiger charge is 2.11. The fourth-order valence-corrected chi connectivity index (χ4v) is 1.43. The van der Waals surface area contributed by atoms with Gasteiger partial charge in [0.15, 0.2) is 11.6 Å². The Kier molecular flexibility index (Phi) is 4.04. The Labute approximate surface area is 113 Å². The van der Waals surface area contributed by atoms with E-state index < -0.39 is 10.7 Å². The predicted molar refractivity (Wildman–Crippen MR) is 69.0 cm³/mol. The van der Waals surface area contributed by atoms with Crippen molar-refractivity contribution in [2.45, 2.75) is 6.61 Å². The zero-order valence-electron chi connectivity index (χ0n) is 10.5. The lowest BCUT2D eigenvalue weighted by atomic mass is 10.3. The molecule has 0 unspecified atom stereocenters. The van der Waals surface area contributed by atoms with Gasteiger partial charge in [0.25, 0.3) is 5.69 Å². The third-order valence-corrected chi connectivity index (χ3v) is 2.46. The first-order valence-electron chi connectivity index (χ1n) is 5.65. The number of nitrogens with one attached hydrogen (secondary N) is 1. The highest BCUT2D eigenvalue weighted by atomic mass is 19.1. The van der Waals surface area contributed by atoms with E-state index in [2.05, 4.69) is 15.3 Å². The van der Waals surface area contributed by atoms with E-state index in [1.165, 1.54) is 24.5 Å². The van der Waals surface area contributed by atoms with Crippen LogP contribution in [-0.2, 0) is 6.61 Å². The zero-order valence-corrected chi connectivity index (χ0v) is 10.5. The molecule has 0 aliphatic heterocycles. The molecule has 2 aromatic rings. The Bertz CT molecular complexity index is 619. The number of nitro benzene ring substituents is 1. The van der Waals surface area contributed by atoms with Crippen LogP contribution in [0.5, 0.6) is 5.75 Å². The van der Waals surface area contributed by atoms with Crippen LogP contribution in [0.15, 0.2) is 30.6 Å². The van der Waals surface area contributed by atoms with E-state index in [0.29, 0.717) is 11.5 Å². The van der Waals surface area contributed by atoms with Gasteiger partial charge in [-0.15, -0.1) is 0 Å². The van der Waals surface area contributed by atoms with Crippen molar-refractivity contribution < 1.29 is 14.1 Å². The van der Waals surface area contributed by atoms with Crippen LogP contribution in [0.4, 0.5) is 15.9 Å². The largest absolute Gasteiger partial charge is 0.484 e. The maximum Gasteiger partial charge on any atom is 0.272 e. The molecule has 0 fully saturated rings. The molecule has 1 aromatic heterocycles. The van der Waals surface area contributed by atoms with E-state index in [1.54, 1.807) is 7.05 Å². The van der Waals surface area contributed by atoms with Crippen LogP contribution >= 0.6 is 0 Å². The van der Waals surface area contributed by atoms with Crippen molar-refractivity contribution in [1.29, 1.82) is 0 Å². The summed E-state index contributed by atoms with van der Waals surface area (Å²) in [6.45, 7) is 0.0196. The Hall–Kier alpha value is -2.77. The van der Waals surface area contributed by atoms with Gasteiger partial charge < -0.3 is 10.1 Å². The number of ether oxygens (including phenoxy) is 1. The van der Waals surface area contributed by atoms with Crippen LogP contribution in [0.25, 0.3) is 0 Å². The zero-order chi connectivity index (χ0) is 14.5. The lowest BCUT2D eigenvalue weighted by molar-refractivity contribution is -0.385. The number of hydrogen-bond donors (Lipinski definition) is 1. The molecule has 0 aliphatic carbocycles. The maximum absolute atomic E-state index is 13.6. The molecule has 104 valence electrons. The summed E-state index contributed by atoms with van der Waals surface area (Å²) in [5.74, 6) is -0.260. The highest BCUT2D eigenvalue weighted by Crippen LogP contribution is 2.23. The van der Waals surface area contributed by atoms with E-state index in [9.17, 15) is 14.5 Å². The number of halogens is 1. The smallest absolute Gasteiger partial charge is 0.272 e. The SMILES string of the molecule is CNc1cnc(COc2ccc([N+](=O)[O-])cc2F)cn1. The summed E-state index contributed by atoms with van der Waals surface area (Å²) in [7, 11) is 1.71. The van der Waals surface area contributed by atoms with Crippen LogP contribution in [0.3, 0.4) is 0 Å². The summed E-state index contributed by atoms with van der Waals surface area (Å²) in [4.78, 5) is 17.9. The number of rotatable bonds is 5. The number of nitrogens with zero attached hydrogens (tertiary/aromatic N) is 3. The molecule has 2 rings (SSSR count). The van der Waals surface area contributed by atoms with Gasteiger partial charge in [0.05, 0.1) is 29.1 Å². The topological polar surface area (TPSA) is 90.2 Å². The van der Waals surface area contributed by atoms with Crippen LogP contribution in [0.2, 0.25) is 0 Å². The second-order valence-corrected chi connectivity index (χ2v) is 3.80. The summed E-state index contributed by atoms with van der Waals surface area (Å²) in [5.41, 5.74) is 0.190. The molecular weight excluding hydrogens is 267 g/mol. The van der Waals surface area contributed by atoms with Gasteiger partial charge in [-0.2, -0.15) is 0 Å². The molecule has 1 N–H and O–H groups in total. The van der Waals surface area contributed by atoms with E-state index in [-0.39, 0.29) is 18.0 Å². The number of non-ortho nitro benzene ring substituents is 1. The highest BCUT2D eigenvalue weighted by molar-refractivity contribution is 5.37. The summed E-state index contributed by atoms with van der Waals surface area (Å²) >= 11 is 0. The lowest BCUT2D eigenvalue weighted by Gasteiger charge is -2.06. The van der Waals surface area contributed by atoms with Crippen LogP contribution in [0.1, 0.15) is 5.69 Å². The molecule has 20 heavy (non-hydrogen) atoms. The van der Waals surface area contributed by atoms with Gasteiger partial charge in [0.2, 0.25) is 0 Å². The number of anilines is 1. The first-order chi connectivity index (χ1) is 9.60. The standard InChI is InChI=1S/C12H11FN4O3/c1-14-12-6-15-8(5-16-12)7-20-11-3-2-9(17(18)19)4-10(11)13/h2-6H,7H2,1H3,(H,14,16). The van der Waals surface area contributed by atoms with E-state index in [4.69, 9.17) is 4.74 Å². The molecular formula is C12H11FN4O3. The Morgan fingerprint density at radius 1 is 1.40 bits per heavy atom. The average Bonchev–Trinajstić information content (AvgIpc) is 2.46. The van der Waals surface area contributed by atoms with Crippen LogP contribution in [0, 0.1) is 15.9 Å². The fraction of sp³-hybridized carbons (Fsp3) is 0.167. The Balaban J connectivity index is 2.04. The van der Waals surface area contributed by atoms with Crippen LogP contribution in [-0.4, -0.2) is 21.9 Å². The number of benzene rings is 1. The monoisotopic (exact) mass is 278 g/mol. The average molecular weight is 278 g/mol. The number of nitro groups is 1. The molecule has 0 saturated heterocycles. The molecule has 0 aliphatic rings. The van der Waals surface area contributed by atoms with Crippen molar-refractivity contribution >= 4 is 11.5 Å². The molecule has 8 heteroatoms. The molecule has 1 aromatic carbocycles.